The first-order chi connectivity index (χ1) is 27.9. The number of unbranched alkanes of at least 4 members (excludes halogenated alkanes) is 18. The Morgan fingerprint density at radius 1 is 0.544 bits per heavy atom. The summed E-state index contributed by atoms with van der Waals surface area (Å²) in [5.74, 6) is -0.346. The maximum absolute atomic E-state index is 12.6. The van der Waals surface area contributed by atoms with Gasteiger partial charge in [0.25, 0.3) is 0 Å². The minimum Gasteiger partial charge on any atom is -0.457 e. The highest BCUT2D eigenvalue weighted by Crippen LogP contribution is 2.43. The summed E-state index contributed by atoms with van der Waals surface area (Å²) in [6, 6.07) is 0. The van der Waals surface area contributed by atoms with Gasteiger partial charge in [-0.25, -0.2) is 4.57 Å². The summed E-state index contributed by atoms with van der Waals surface area (Å²) in [5, 5.41) is 0. The summed E-state index contributed by atoms with van der Waals surface area (Å²) < 4.78 is 33.5. The molecule has 0 bridgehead atoms. The van der Waals surface area contributed by atoms with Crippen LogP contribution in [0.4, 0.5) is 0 Å². The third-order valence-electron chi connectivity index (χ3n) is 9.36. The van der Waals surface area contributed by atoms with Gasteiger partial charge in [0, 0.05) is 19.6 Å². The maximum Gasteiger partial charge on any atom is 0.472 e. The zero-order chi connectivity index (χ0) is 41.6. The SMILES string of the molecule is CC/C=C\C/C=C\C/C=C\C/C=C\C/C=C\CCCCCCCCCC(=O)OC(COCCCCCCCC/C=C\CCCCCCC)COP(=O)(O)OCCN. The number of hydrogen-bond acceptors (Lipinski definition) is 7. The smallest absolute Gasteiger partial charge is 0.457 e. The van der Waals surface area contributed by atoms with Gasteiger partial charge in [0.05, 0.1) is 19.8 Å². The Kier molecular flexibility index (Phi) is 43.4. The van der Waals surface area contributed by atoms with Crippen molar-refractivity contribution in [2.75, 3.05) is 33.0 Å². The van der Waals surface area contributed by atoms with E-state index in [2.05, 4.69) is 86.8 Å². The van der Waals surface area contributed by atoms with Crippen molar-refractivity contribution in [3.05, 3.63) is 72.9 Å². The van der Waals surface area contributed by atoms with Gasteiger partial charge in [0.1, 0.15) is 6.10 Å². The van der Waals surface area contributed by atoms with E-state index in [-0.39, 0.29) is 32.3 Å². The molecular formula is C48H86NO7P. The molecule has 2 unspecified atom stereocenters. The largest absolute Gasteiger partial charge is 0.472 e. The molecule has 0 aromatic carbocycles. The molecule has 0 aromatic heterocycles. The van der Waals surface area contributed by atoms with Crippen LogP contribution in [-0.2, 0) is 27.9 Å². The lowest BCUT2D eigenvalue weighted by molar-refractivity contribution is -0.154. The Labute approximate surface area is 350 Å². The number of phosphoric acid groups is 1. The highest BCUT2D eigenvalue weighted by Gasteiger charge is 2.25. The molecule has 0 aliphatic rings. The van der Waals surface area contributed by atoms with Crippen molar-refractivity contribution in [2.24, 2.45) is 5.73 Å². The molecule has 330 valence electrons. The molecule has 3 N–H and O–H groups in total. The second-order valence-corrected chi connectivity index (χ2v) is 16.3. The second-order valence-electron chi connectivity index (χ2n) is 14.9. The number of ether oxygens (including phenoxy) is 2. The summed E-state index contributed by atoms with van der Waals surface area (Å²) in [4.78, 5) is 22.5. The van der Waals surface area contributed by atoms with Gasteiger partial charge in [-0.15, -0.1) is 0 Å². The Morgan fingerprint density at radius 3 is 1.49 bits per heavy atom. The number of esters is 1. The lowest BCUT2D eigenvalue weighted by Crippen LogP contribution is -2.28. The molecule has 2 atom stereocenters. The number of nitrogens with two attached hydrogens (primary N) is 1. The molecule has 0 radical (unpaired) electrons. The first kappa shape index (κ1) is 54.9. The van der Waals surface area contributed by atoms with Gasteiger partial charge in [-0.1, -0.05) is 170 Å². The van der Waals surface area contributed by atoms with Crippen LogP contribution in [0.1, 0.15) is 187 Å². The topological polar surface area (TPSA) is 117 Å². The zero-order valence-corrected chi connectivity index (χ0v) is 37.4. The Bertz CT molecular complexity index is 1100. The Morgan fingerprint density at radius 2 is 0.982 bits per heavy atom. The summed E-state index contributed by atoms with van der Waals surface area (Å²) >= 11 is 0. The molecule has 0 saturated carbocycles. The third-order valence-corrected chi connectivity index (χ3v) is 10.3. The van der Waals surface area contributed by atoms with Crippen molar-refractivity contribution >= 4 is 13.8 Å². The fourth-order valence-electron chi connectivity index (χ4n) is 6.02. The lowest BCUT2D eigenvalue weighted by atomic mass is 10.1. The van der Waals surface area contributed by atoms with E-state index in [0.717, 1.165) is 77.0 Å². The van der Waals surface area contributed by atoms with Crippen molar-refractivity contribution in [1.82, 2.24) is 0 Å². The maximum atomic E-state index is 12.6. The summed E-state index contributed by atoms with van der Waals surface area (Å²) in [7, 11) is -4.29. The molecule has 8 nitrogen and oxygen atoms in total. The number of phosphoric ester groups is 1. The quantitative estimate of drug-likeness (QED) is 0.0270. The number of allylic oxidation sites excluding steroid dienone is 12. The van der Waals surface area contributed by atoms with Crippen LogP contribution < -0.4 is 5.73 Å². The molecule has 9 heteroatoms. The molecule has 0 aliphatic carbocycles. The predicted molar refractivity (Wildman–Crippen MR) is 242 cm³/mol. The number of carbonyl (C=O) groups excluding carboxylic acids is 1. The van der Waals surface area contributed by atoms with Crippen LogP contribution in [0, 0.1) is 0 Å². The van der Waals surface area contributed by atoms with E-state index in [0.29, 0.717) is 13.0 Å². The van der Waals surface area contributed by atoms with E-state index >= 15 is 0 Å². The fourth-order valence-corrected chi connectivity index (χ4v) is 6.78. The fraction of sp³-hybridized carbons (Fsp3) is 0.729. The zero-order valence-electron chi connectivity index (χ0n) is 36.6. The van der Waals surface area contributed by atoms with Crippen LogP contribution in [0.3, 0.4) is 0 Å². The van der Waals surface area contributed by atoms with E-state index in [1.54, 1.807) is 0 Å². The van der Waals surface area contributed by atoms with E-state index in [1.807, 2.05) is 0 Å². The standard InChI is InChI=1S/C48H86NO7P/c1-3-5-7-9-11-13-15-17-19-20-21-22-23-24-25-26-27-29-31-33-35-37-39-41-48(50)56-47(46-55-57(51,52)54-44-42-49)45-53-43-40-38-36-34-32-30-28-18-16-14-12-10-8-6-4-2/h5,7,11,13,16-19,21-22,24-25,47H,3-4,6,8-10,12,14-15,20,23,26-46,49H2,1-2H3,(H,51,52)/b7-5-,13-11-,18-16-,19-17-,22-21-,25-24-. The molecule has 0 rings (SSSR count). The van der Waals surface area contributed by atoms with Crippen molar-refractivity contribution in [3.63, 3.8) is 0 Å². The Hall–Kier alpha value is -2.06. The van der Waals surface area contributed by atoms with Gasteiger partial charge < -0.3 is 20.1 Å². The number of carbonyl (C=O) groups is 1. The molecule has 0 aliphatic heterocycles. The molecule has 0 saturated heterocycles. The molecule has 0 heterocycles. The van der Waals surface area contributed by atoms with Crippen molar-refractivity contribution in [1.29, 1.82) is 0 Å². The minimum absolute atomic E-state index is 0.0941. The first-order valence-electron chi connectivity index (χ1n) is 22.9. The van der Waals surface area contributed by atoms with Gasteiger partial charge in [-0.3, -0.25) is 13.8 Å². The van der Waals surface area contributed by atoms with E-state index in [9.17, 15) is 14.3 Å². The van der Waals surface area contributed by atoms with Crippen molar-refractivity contribution in [3.8, 4) is 0 Å². The monoisotopic (exact) mass is 820 g/mol. The van der Waals surface area contributed by atoms with Crippen LogP contribution in [0.15, 0.2) is 72.9 Å². The van der Waals surface area contributed by atoms with Crippen LogP contribution >= 0.6 is 7.82 Å². The van der Waals surface area contributed by atoms with E-state index in [4.69, 9.17) is 24.3 Å². The summed E-state index contributed by atoms with van der Waals surface area (Å²) in [6.07, 6.45) is 56.3. The van der Waals surface area contributed by atoms with Crippen molar-refractivity contribution < 1.29 is 32.8 Å². The lowest BCUT2D eigenvalue weighted by Gasteiger charge is -2.20. The van der Waals surface area contributed by atoms with Gasteiger partial charge >= 0.3 is 13.8 Å². The van der Waals surface area contributed by atoms with Gasteiger partial charge in [-0.05, 0) is 83.5 Å². The molecular weight excluding hydrogens is 734 g/mol. The minimum atomic E-state index is -4.29. The average Bonchev–Trinajstić information content (AvgIpc) is 3.20. The highest BCUT2D eigenvalue weighted by molar-refractivity contribution is 7.47. The molecule has 0 aromatic rings. The molecule has 0 spiro atoms. The number of rotatable bonds is 43. The predicted octanol–water partition coefficient (Wildman–Crippen LogP) is 13.9. The van der Waals surface area contributed by atoms with Crippen LogP contribution in [0.25, 0.3) is 0 Å². The average molecular weight is 820 g/mol. The molecule has 0 fully saturated rings. The highest BCUT2D eigenvalue weighted by atomic mass is 31.2. The van der Waals surface area contributed by atoms with E-state index in [1.165, 1.54) is 89.9 Å². The van der Waals surface area contributed by atoms with Crippen LogP contribution in [0.5, 0.6) is 0 Å². The van der Waals surface area contributed by atoms with Crippen molar-refractivity contribution in [2.45, 2.75) is 193 Å². The summed E-state index contributed by atoms with van der Waals surface area (Å²) in [6.45, 7) is 4.77. The molecule has 57 heavy (non-hydrogen) atoms. The third kappa shape index (κ3) is 44.9. The van der Waals surface area contributed by atoms with Gasteiger partial charge in [-0.2, -0.15) is 0 Å². The second kappa shape index (κ2) is 45.0. The molecule has 0 amide bonds. The summed E-state index contributed by atoms with van der Waals surface area (Å²) in [5.41, 5.74) is 5.37. The van der Waals surface area contributed by atoms with Crippen LogP contribution in [0.2, 0.25) is 0 Å². The Balaban J connectivity index is 4.04. The number of hydrogen-bond donors (Lipinski definition) is 2. The normalized spacial score (nSPS) is 14.1. The van der Waals surface area contributed by atoms with Gasteiger partial charge in [0.2, 0.25) is 0 Å². The first-order valence-corrected chi connectivity index (χ1v) is 24.4. The van der Waals surface area contributed by atoms with Gasteiger partial charge in [0.15, 0.2) is 0 Å². The van der Waals surface area contributed by atoms with E-state index < -0.39 is 13.9 Å². The van der Waals surface area contributed by atoms with Crippen LogP contribution in [-0.4, -0.2) is 49.9 Å².